The van der Waals surface area contributed by atoms with Crippen molar-refractivity contribution in [2.24, 2.45) is 0 Å². The van der Waals surface area contributed by atoms with E-state index in [4.69, 9.17) is 9.15 Å². The van der Waals surface area contributed by atoms with Crippen LogP contribution in [0.4, 0.5) is 5.69 Å². The molecule has 0 aliphatic carbocycles. The van der Waals surface area contributed by atoms with Crippen molar-refractivity contribution in [3.8, 4) is 5.75 Å². The number of ether oxygens (including phenoxy) is 1. The van der Waals surface area contributed by atoms with Gasteiger partial charge in [-0.05, 0) is 35.7 Å². The quantitative estimate of drug-likeness (QED) is 0.589. The fourth-order valence-corrected chi connectivity index (χ4v) is 3.12. The van der Waals surface area contributed by atoms with E-state index in [0.717, 1.165) is 5.75 Å². The summed E-state index contributed by atoms with van der Waals surface area (Å²) in [6.07, 6.45) is 0.662. The molecule has 0 spiro atoms. The van der Waals surface area contributed by atoms with Gasteiger partial charge in [-0.1, -0.05) is 49.0 Å². The number of carbonyl (C=O) groups is 1. The van der Waals surface area contributed by atoms with Crippen molar-refractivity contribution < 1.29 is 13.9 Å². The van der Waals surface area contributed by atoms with Crippen LogP contribution in [0.2, 0.25) is 0 Å². The van der Waals surface area contributed by atoms with E-state index in [0.29, 0.717) is 23.2 Å². The molecule has 3 aromatic rings. The molecule has 7 heteroatoms. The Kier molecular flexibility index (Phi) is 6.49. The highest BCUT2D eigenvalue weighted by molar-refractivity contribution is 7.99. The van der Waals surface area contributed by atoms with E-state index in [-0.39, 0.29) is 17.6 Å². The Bertz CT molecular complexity index is 866. The number of aromatic nitrogens is 2. The van der Waals surface area contributed by atoms with E-state index in [9.17, 15) is 4.79 Å². The number of rotatable bonds is 8. The molecular formula is C20H21N3O3S. The molecule has 2 aromatic carbocycles. The average molecular weight is 383 g/mol. The number of thioether (sulfide) groups is 1. The molecule has 1 N–H and O–H groups in total. The number of hydrogen-bond acceptors (Lipinski definition) is 6. The molecule has 0 unspecified atom stereocenters. The molecule has 1 amide bonds. The van der Waals surface area contributed by atoms with E-state index in [1.165, 1.54) is 17.3 Å². The van der Waals surface area contributed by atoms with Crippen LogP contribution in [0, 0.1) is 0 Å². The smallest absolute Gasteiger partial charge is 0.277 e. The van der Waals surface area contributed by atoms with Crippen molar-refractivity contribution in [3.63, 3.8) is 0 Å². The predicted octanol–water partition coefficient (Wildman–Crippen LogP) is 4.16. The second-order valence-corrected chi connectivity index (χ2v) is 6.97. The lowest BCUT2D eigenvalue weighted by Gasteiger charge is -2.08. The molecule has 0 bridgehead atoms. The fraction of sp³-hybridized carbons (Fsp3) is 0.250. The van der Waals surface area contributed by atoms with Crippen molar-refractivity contribution in [3.05, 3.63) is 66.1 Å². The minimum Gasteiger partial charge on any atom is -0.497 e. The van der Waals surface area contributed by atoms with E-state index in [1.54, 1.807) is 31.4 Å². The van der Waals surface area contributed by atoms with Crippen LogP contribution >= 0.6 is 11.8 Å². The summed E-state index contributed by atoms with van der Waals surface area (Å²) >= 11 is 1.22. The highest BCUT2D eigenvalue weighted by Gasteiger charge is 2.14. The second kappa shape index (κ2) is 9.23. The van der Waals surface area contributed by atoms with Gasteiger partial charge in [0.15, 0.2) is 0 Å². The monoisotopic (exact) mass is 383 g/mol. The summed E-state index contributed by atoms with van der Waals surface area (Å²) in [5.74, 6) is 1.65. The third kappa shape index (κ3) is 5.59. The predicted molar refractivity (Wildman–Crippen MR) is 105 cm³/mol. The lowest BCUT2D eigenvalue weighted by molar-refractivity contribution is -0.113. The summed E-state index contributed by atoms with van der Waals surface area (Å²) in [6, 6.07) is 17.4. The van der Waals surface area contributed by atoms with Crippen LogP contribution in [0.3, 0.4) is 0 Å². The minimum absolute atomic E-state index is 0.137. The summed E-state index contributed by atoms with van der Waals surface area (Å²) in [5.41, 5.74) is 1.94. The number of benzene rings is 2. The molecule has 1 atom stereocenters. The van der Waals surface area contributed by atoms with Gasteiger partial charge >= 0.3 is 0 Å². The fourth-order valence-electron chi connectivity index (χ4n) is 2.54. The molecular weight excluding hydrogens is 362 g/mol. The van der Waals surface area contributed by atoms with Gasteiger partial charge in [0.05, 0.1) is 12.9 Å². The molecule has 6 nitrogen and oxygen atoms in total. The molecule has 3 rings (SSSR count). The summed E-state index contributed by atoms with van der Waals surface area (Å²) in [4.78, 5) is 12.1. The number of anilines is 1. The first kappa shape index (κ1) is 19.0. The normalized spacial score (nSPS) is 11.8. The molecule has 0 aliphatic rings. The first-order valence-electron chi connectivity index (χ1n) is 8.58. The lowest BCUT2D eigenvalue weighted by Crippen LogP contribution is -2.13. The zero-order valence-electron chi connectivity index (χ0n) is 15.2. The van der Waals surface area contributed by atoms with E-state index >= 15 is 0 Å². The number of nitrogens with zero attached hydrogens (tertiary/aromatic N) is 2. The summed E-state index contributed by atoms with van der Waals surface area (Å²) in [7, 11) is 1.60. The van der Waals surface area contributed by atoms with Crippen LogP contribution in [0.5, 0.6) is 5.75 Å². The van der Waals surface area contributed by atoms with E-state index in [2.05, 4.69) is 34.6 Å². The van der Waals surface area contributed by atoms with Crippen LogP contribution in [-0.4, -0.2) is 29.0 Å². The van der Waals surface area contributed by atoms with Gasteiger partial charge in [-0.2, -0.15) is 0 Å². The first-order valence-corrected chi connectivity index (χ1v) is 9.56. The molecule has 0 radical (unpaired) electrons. The van der Waals surface area contributed by atoms with Crippen LogP contribution in [0.25, 0.3) is 0 Å². The zero-order valence-corrected chi connectivity index (χ0v) is 16.0. The first-order chi connectivity index (χ1) is 13.1. The Morgan fingerprint density at radius 2 is 1.89 bits per heavy atom. The molecule has 0 aliphatic heterocycles. The van der Waals surface area contributed by atoms with Gasteiger partial charge in [0.1, 0.15) is 5.75 Å². The maximum Gasteiger partial charge on any atom is 0.277 e. The van der Waals surface area contributed by atoms with Crippen LogP contribution in [0.15, 0.2) is 64.2 Å². The Labute approximate surface area is 162 Å². The standard InChI is InChI=1S/C20H21N3O3S/c1-14(15-6-4-3-5-7-15)12-19-22-23-20(26-19)27-13-18(24)21-16-8-10-17(25-2)11-9-16/h3-11,14H,12-13H2,1-2H3,(H,21,24)/t14-/m1/s1. The van der Waals surface area contributed by atoms with Crippen LogP contribution in [0.1, 0.15) is 24.3 Å². The van der Waals surface area contributed by atoms with E-state index < -0.39 is 0 Å². The van der Waals surface area contributed by atoms with Gasteiger partial charge in [0.25, 0.3) is 5.22 Å². The summed E-state index contributed by atoms with van der Waals surface area (Å²) in [6.45, 7) is 2.12. The minimum atomic E-state index is -0.137. The molecule has 140 valence electrons. The van der Waals surface area contributed by atoms with Crippen molar-refractivity contribution >= 4 is 23.4 Å². The maximum absolute atomic E-state index is 12.1. The molecule has 1 aromatic heterocycles. The second-order valence-electron chi connectivity index (χ2n) is 6.04. The topological polar surface area (TPSA) is 77.2 Å². The SMILES string of the molecule is COc1ccc(NC(=O)CSc2nnc(C[C@@H](C)c3ccccc3)o2)cc1. The molecule has 0 saturated heterocycles. The largest absolute Gasteiger partial charge is 0.497 e. The van der Waals surface area contributed by atoms with Gasteiger partial charge in [-0.25, -0.2) is 0 Å². The van der Waals surface area contributed by atoms with Crippen molar-refractivity contribution in [2.75, 3.05) is 18.2 Å². The maximum atomic E-state index is 12.1. The Balaban J connectivity index is 1.48. The highest BCUT2D eigenvalue weighted by Crippen LogP contribution is 2.22. The third-order valence-corrected chi connectivity index (χ3v) is 4.82. The van der Waals surface area contributed by atoms with Gasteiger partial charge in [0, 0.05) is 12.1 Å². The van der Waals surface area contributed by atoms with Gasteiger partial charge in [0.2, 0.25) is 11.8 Å². The Morgan fingerprint density at radius 1 is 1.15 bits per heavy atom. The number of hydrogen-bond donors (Lipinski definition) is 1. The third-order valence-electron chi connectivity index (χ3n) is 4.00. The van der Waals surface area contributed by atoms with Gasteiger partial charge in [-0.3, -0.25) is 4.79 Å². The summed E-state index contributed by atoms with van der Waals surface area (Å²) in [5, 5.41) is 11.3. The Morgan fingerprint density at radius 3 is 2.59 bits per heavy atom. The van der Waals surface area contributed by atoms with Gasteiger partial charge < -0.3 is 14.5 Å². The van der Waals surface area contributed by atoms with Gasteiger partial charge in [-0.15, -0.1) is 10.2 Å². The van der Waals surface area contributed by atoms with Crippen LogP contribution < -0.4 is 10.1 Å². The average Bonchev–Trinajstić information content (AvgIpc) is 3.15. The van der Waals surface area contributed by atoms with Crippen molar-refractivity contribution in [1.82, 2.24) is 10.2 Å². The number of carbonyl (C=O) groups excluding carboxylic acids is 1. The lowest BCUT2D eigenvalue weighted by atomic mass is 9.98. The summed E-state index contributed by atoms with van der Waals surface area (Å²) < 4.78 is 10.7. The Hall–Kier alpha value is -2.80. The molecule has 0 fully saturated rings. The van der Waals surface area contributed by atoms with Crippen LogP contribution in [-0.2, 0) is 11.2 Å². The highest BCUT2D eigenvalue weighted by atomic mass is 32.2. The molecule has 0 saturated carbocycles. The van der Waals surface area contributed by atoms with Crippen molar-refractivity contribution in [2.45, 2.75) is 24.5 Å². The van der Waals surface area contributed by atoms with E-state index in [1.807, 2.05) is 18.2 Å². The van der Waals surface area contributed by atoms with Crippen molar-refractivity contribution in [1.29, 1.82) is 0 Å². The molecule has 1 heterocycles. The number of amides is 1. The number of nitrogens with one attached hydrogen (secondary N) is 1. The zero-order chi connectivity index (χ0) is 19.1. The number of methoxy groups -OCH3 is 1. The molecule has 27 heavy (non-hydrogen) atoms.